The molecule has 30 heavy (non-hydrogen) atoms. The zero-order chi connectivity index (χ0) is 22.4. The van der Waals surface area contributed by atoms with E-state index in [4.69, 9.17) is 9.57 Å². The van der Waals surface area contributed by atoms with Gasteiger partial charge in [-0.2, -0.15) is 5.10 Å². The highest BCUT2D eigenvalue weighted by molar-refractivity contribution is 5.95. The van der Waals surface area contributed by atoms with Crippen LogP contribution in [0.5, 0.6) is 0 Å². The molecule has 0 N–H and O–H groups in total. The Kier molecular flexibility index (Phi) is 5.81. The second-order valence-electron chi connectivity index (χ2n) is 9.02. The van der Waals surface area contributed by atoms with Gasteiger partial charge in [-0.3, -0.25) is 19.1 Å². The van der Waals surface area contributed by atoms with Crippen LogP contribution in [0.2, 0.25) is 0 Å². The number of amides is 3. The zero-order valence-electron chi connectivity index (χ0n) is 18.8. The van der Waals surface area contributed by atoms with Crippen LogP contribution in [-0.2, 0) is 33.9 Å². The van der Waals surface area contributed by atoms with Crippen LogP contribution in [0.15, 0.2) is 0 Å². The van der Waals surface area contributed by atoms with Crippen LogP contribution in [-0.4, -0.2) is 81.9 Å². The Balaban J connectivity index is 1.94. The molecule has 0 aliphatic carbocycles. The predicted molar refractivity (Wildman–Crippen MR) is 107 cm³/mol. The predicted octanol–water partition coefficient (Wildman–Crippen LogP) is 1.29. The van der Waals surface area contributed by atoms with E-state index in [-0.39, 0.29) is 37.5 Å². The highest BCUT2D eigenvalue weighted by Crippen LogP contribution is 2.30. The minimum Gasteiger partial charge on any atom is -0.444 e. The fraction of sp³-hybridized carbons (Fsp3) is 0.700. The monoisotopic (exact) mass is 421 g/mol. The van der Waals surface area contributed by atoms with Crippen molar-refractivity contribution in [3.63, 3.8) is 0 Å². The molecule has 0 spiro atoms. The summed E-state index contributed by atoms with van der Waals surface area (Å²) in [5, 5.41) is 5.82. The summed E-state index contributed by atoms with van der Waals surface area (Å²) in [5.74, 6) is -0.911. The quantitative estimate of drug-likeness (QED) is 0.668. The SMILES string of the molecule is CON(C)C(=O)C1CN(C)C(=O)c2c3c(nn2C1)CC(C)N(C(=O)OC(C)(C)C)C3. The average molecular weight is 421 g/mol. The molecule has 166 valence electrons. The summed E-state index contributed by atoms with van der Waals surface area (Å²) in [7, 11) is 4.64. The molecule has 10 nitrogen and oxygen atoms in total. The van der Waals surface area contributed by atoms with Crippen molar-refractivity contribution in [3.05, 3.63) is 17.0 Å². The first kappa shape index (κ1) is 22.1. The number of rotatable bonds is 2. The van der Waals surface area contributed by atoms with E-state index < -0.39 is 17.6 Å². The number of hydrogen-bond acceptors (Lipinski definition) is 6. The molecule has 0 aromatic carbocycles. The fourth-order valence-electron chi connectivity index (χ4n) is 3.90. The van der Waals surface area contributed by atoms with Gasteiger partial charge in [-0.15, -0.1) is 0 Å². The Morgan fingerprint density at radius 2 is 1.90 bits per heavy atom. The van der Waals surface area contributed by atoms with Crippen LogP contribution < -0.4 is 0 Å². The molecule has 2 atom stereocenters. The molecule has 1 aromatic heterocycles. The molecule has 10 heteroatoms. The highest BCUT2D eigenvalue weighted by atomic mass is 16.7. The largest absolute Gasteiger partial charge is 0.444 e. The van der Waals surface area contributed by atoms with Gasteiger partial charge in [-0.25, -0.2) is 9.86 Å². The van der Waals surface area contributed by atoms with Crippen LogP contribution in [0.3, 0.4) is 0 Å². The van der Waals surface area contributed by atoms with Crippen molar-refractivity contribution >= 4 is 17.9 Å². The van der Waals surface area contributed by atoms with Gasteiger partial charge in [-0.05, 0) is 27.7 Å². The van der Waals surface area contributed by atoms with Crippen molar-refractivity contribution in [2.45, 2.75) is 58.8 Å². The number of hydrogen-bond donors (Lipinski definition) is 0. The number of carbonyl (C=O) groups excluding carboxylic acids is 3. The molecular weight excluding hydrogens is 390 g/mol. The van der Waals surface area contributed by atoms with E-state index in [0.717, 1.165) is 11.3 Å². The summed E-state index contributed by atoms with van der Waals surface area (Å²) >= 11 is 0. The average Bonchev–Trinajstić information content (AvgIpc) is 2.93. The summed E-state index contributed by atoms with van der Waals surface area (Å²) in [6, 6.07) is -0.114. The standard InChI is InChI=1S/C20H31N5O5/c1-12-8-15-14(11-24(12)19(28)30-20(2,3)4)16-18(27)22(5)9-13(10-25(16)21-15)17(26)23(6)29-7/h12-13H,8-11H2,1-7H3. The lowest BCUT2D eigenvalue weighted by Crippen LogP contribution is -2.45. The van der Waals surface area contributed by atoms with Crippen molar-refractivity contribution in [1.82, 2.24) is 24.6 Å². The molecular formula is C20H31N5O5. The van der Waals surface area contributed by atoms with Gasteiger partial charge in [0.1, 0.15) is 11.3 Å². The molecule has 0 saturated heterocycles. The molecule has 3 heterocycles. The Morgan fingerprint density at radius 3 is 2.50 bits per heavy atom. The lowest BCUT2D eigenvalue weighted by Gasteiger charge is -2.34. The van der Waals surface area contributed by atoms with E-state index >= 15 is 0 Å². The third-order valence-electron chi connectivity index (χ3n) is 5.48. The van der Waals surface area contributed by atoms with Gasteiger partial charge in [0.25, 0.3) is 11.8 Å². The third-order valence-corrected chi connectivity index (χ3v) is 5.48. The third kappa shape index (κ3) is 4.14. The van der Waals surface area contributed by atoms with E-state index in [0.29, 0.717) is 12.1 Å². The van der Waals surface area contributed by atoms with Crippen molar-refractivity contribution in [3.8, 4) is 0 Å². The van der Waals surface area contributed by atoms with Crippen molar-refractivity contribution in [1.29, 1.82) is 0 Å². The van der Waals surface area contributed by atoms with Gasteiger partial charge in [-0.1, -0.05) is 0 Å². The molecule has 0 bridgehead atoms. The molecule has 0 fully saturated rings. The number of nitrogens with zero attached hydrogens (tertiary/aromatic N) is 5. The number of fused-ring (bicyclic) bond motifs is 3. The Morgan fingerprint density at radius 1 is 1.23 bits per heavy atom. The van der Waals surface area contributed by atoms with Crippen molar-refractivity contribution in [2.24, 2.45) is 5.92 Å². The normalized spacial score (nSPS) is 21.6. The van der Waals surface area contributed by atoms with E-state index in [1.54, 1.807) is 23.7 Å². The smallest absolute Gasteiger partial charge is 0.410 e. The van der Waals surface area contributed by atoms with Crippen molar-refractivity contribution < 1.29 is 24.0 Å². The highest BCUT2D eigenvalue weighted by Gasteiger charge is 2.39. The molecule has 1 aromatic rings. The van der Waals surface area contributed by atoms with Gasteiger partial charge in [0.15, 0.2) is 0 Å². The maximum absolute atomic E-state index is 13.1. The Labute approximate surface area is 176 Å². The maximum atomic E-state index is 13.1. The summed E-state index contributed by atoms with van der Waals surface area (Å²) < 4.78 is 7.16. The fourth-order valence-corrected chi connectivity index (χ4v) is 3.90. The minimum atomic E-state index is -0.607. The van der Waals surface area contributed by atoms with Gasteiger partial charge >= 0.3 is 6.09 Å². The topological polar surface area (TPSA) is 97.2 Å². The first-order valence-electron chi connectivity index (χ1n) is 10.1. The van der Waals surface area contributed by atoms with E-state index in [2.05, 4.69) is 5.10 Å². The number of hydroxylamine groups is 2. The molecule has 3 rings (SSSR count). The van der Waals surface area contributed by atoms with Gasteiger partial charge < -0.3 is 14.5 Å². The van der Waals surface area contributed by atoms with Crippen molar-refractivity contribution in [2.75, 3.05) is 27.7 Å². The van der Waals surface area contributed by atoms with Crippen LogP contribution >= 0.6 is 0 Å². The molecule has 0 radical (unpaired) electrons. The lowest BCUT2D eigenvalue weighted by atomic mass is 9.99. The lowest BCUT2D eigenvalue weighted by molar-refractivity contribution is -0.174. The van der Waals surface area contributed by atoms with E-state index in [9.17, 15) is 14.4 Å². The molecule has 3 amide bonds. The van der Waals surface area contributed by atoms with Gasteiger partial charge in [0, 0.05) is 38.7 Å². The number of aromatic nitrogens is 2. The summed E-state index contributed by atoms with van der Waals surface area (Å²) in [4.78, 5) is 46.7. The number of ether oxygens (including phenoxy) is 1. The van der Waals surface area contributed by atoms with Crippen LogP contribution in [0.25, 0.3) is 0 Å². The maximum Gasteiger partial charge on any atom is 0.410 e. The van der Waals surface area contributed by atoms with Crippen LogP contribution in [0.1, 0.15) is 49.4 Å². The van der Waals surface area contributed by atoms with Crippen LogP contribution in [0.4, 0.5) is 4.79 Å². The first-order chi connectivity index (χ1) is 13.9. The Bertz CT molecular complexity index is 859. The summed E-state index contributed by atoms with van der Waals surface area (Å²) in [6.07, 6.45) is 0.104. The zero-order valence-corrected chi connectivity index (χ0v) is 18.8. The molecule has 0 saturated carbocycles. The van der Waals surface area contributed by atoms with E-state index in [1.165, 1.54) is 17.1 Å². The summed E-state index contributed by atoms with van der Waals surface area (Å²) in [5.41, 5.74) is 1.34. The van der Waals surface area contributed by atoms with Crippen LogP contribution in [0, 0.1) is 5.92 Å². The molecule has 2 aliphatic rings. The molecule has 2 unspecified atom stereocenters. The number of carbonyl (C=O) groups is 3. The minimum absolute atomic E-state index is 0.114. The Hall–Kier alpha value is -2.62. The van der Waals surface area contributed by atoms with E-state index in [1.807, 2.05) is 27.7 Å². The summed E-state index contributed by atoms with van der Waals surface area (Å²) in [6.45, 7) is 8.18. The second-order valence-corrected chi connectivity index (χ2v) is 9.02. The second kappa shape index (κ2) is 7.90. The molecule has 2 aliphatic heterocycles. The van der Waals surface area contributed by atoms with Gasteiger partial charge in [0.05, 0.1) is 31.8 Å². The van der Waals surface area contributed by atoms with Gasteiger partial charge in [0.2, 0.25) is 0 Å². The first-order valence-corrected chi connectivity index (χ1v) is 10.1.